The van der Waals surface area contributed by atoms with Crippen molar-refractivity contribution in [1.82, 2.24) is 15.4 Å². The standard InChI is InChI=1S/C20H25N3O6S/c1-2-3-11-28-17-8-4-5-9-18(17)30(26,27)19-12-16(14-23(19)22-20(24)25)29-15-7-6-10-21-13-15/h4-10,13,16,19,22H,2-3,11-12,14H2,1H3,(H,24,25)/t16-,19?/m0/s1. The number of hydrogen-bond acceptors (Lipinski definition) is 7. The van der Waals surface area contributed by atoms with E-state index in [1.807, 2.05) is 6.92 Å². The number of carbonyl (C=O) groups is 1. The Bertz CT molecular complexity index is 954. The van der Waals surface area contributed by atoms with E-state index in [1.54, 1.807) is 36.5 Å². The van der Waals surface area contributed by atoms with Gasteiger partial charge >= 0.3 is 6.09 Å². The molecular weight excluding hydrogens is 410 g/mol. The maximum atomic E-state index is 13.5. The molecular formula is C20H25N3O6S. The number of unbranched alkanes of at least 4 members (excludes halogenated alkanes) is 1. The predicted octanol–water partition coefficient (Wildman–Crippen LogP) is 2.70. The summed E-state index contributed by atoms with van der Waals surface area (Å²) in [5, 5.41) is 9.23. The molecule has 1 fully saturated rings. The molecule has 9 nitrogen and oxygen atoms in total. The lowest BCUT2D eigenvalue weighted by Gasteiger charge is -2.23. The third-order valence-electron chi connectivity index (χ3n) is 4.66. The molecule has 162 valence electrons. The number of nitrogens with zero attached hydrogens (tertiary/aromatic N) is 2. The number of hydrogen-bond donors (Lipinski definition) is 2. The van der Waals surface area contributed by atoms with Crippen molar-refractivity contribution in [2.45, 2.75) is 42.6 Å². The van der Waals surface area contributed by atoms with Crippen LogP contribution < -0.4 is 14.9 Å². The zero-order valence-electron chi connectivity index (χ0n) is 16.6. The number of amides is 1. The number of rotatable bonds is 9. The fraction of sp³-hybridized carbons (Fsp3) is 0.400. The summed E-state index contributed by atoms with van der Waals surface area (Å²) in [6.45, 7) is 2.49. The zero-order valence-corrected chi connectivity index (χ0v) is 17.4. The number of pyridine rings is 1. The summed E-state index contributed by atoms with van der Waals surface area (Å²) in [5.41, 5.74) is 2.19. The van der Waals surface area contributed by atoms with Crippen LogP contribution in [-0.2, 0) is 9.84 Å². The minimum Gasteiger partial charge on any atom is -0.492 e. The van der Waals surface area contributed by atoms with Crippen LogP contribution in [0.1, 0.15) is 26.2 Å². The van der Waals surface area contributed by atoms with Gasteiger partial charge in [0.15, 0.2) is 9.84 Å². The number of hydrazine groups is 1. The van der Waals surface area contributed by atoms with E-state index in [4.69, 9.17) is 9.47 Å². The van der Waals surface area contributed by atoms with E-state index in [-0.39, 0.29) is 23.6 Å². The Morgan fingerprint density at radius 2 is 2.10 bits per heavy atom. The Labute approximate surface area is 175 Å². The van der Waals surface area contributed by atoms with Gasteiger partial charge in [-0.15, -0.1) is 0 Å². The Morgan fingerprint density at radius 3 is 2.80 bits per heavy atom. The molecule has 1 aliphatic heterocycles. The van der Waals surface area contributed by atoms with Gasteiger partial charge in [0.2, 0.25) is 0 Å². The Balaban J connectivity index is 1.86. The first kappa shape index (κ1) is 21.8. The van der Waals surface area contributed by atoms with Crippen LogP contribution in [0.2, 0.25) is 0 Å². The summed E-state index contributed by atoms with van der Waals surface area (Å²) in [6.07, 6.45) is 3.04. The van der Waals surface area contributed by atoms with Crippen molar-refractivity contribution in [3.05, 3.63) is 48.8 Å². The molecule has 2 aromatic rings. The molecule has 1 saturated heterocycles. The second kappa shape index (κ2) is 9.77. The lowest BCUT2D eigenvalue weighted by Crippen LogP contribution is -2.48. The second-order valence-corrected chi connectivity index (χ2v) is 8.96. The second-order valence-electron chi connectivity index (χ2n) is 6.88. The Hall–Kier alpha value is -2.85. The third kappa shape index (κ3) is 5.19. The van der Waals surface area contributed by atoms with Crippen molar-refractivity contribution in [3.63, 3.8) is 0 Å². The highest BCUT2D eigenvalue weighted by Crippen LogP contribution is 2.33. The first-order valence-corrected chi connectivity index (χ1v) is 11.2. The van der Waals surface area contributed by atoms with Crippen molar-refractivity contribution in [2.75, 3.05) is 13.2 Å². The molecule has 10 heteroatoms. The topological polar surface area (TPSA) is 118 Å². The van der Waals surface area contributed by atoms with Gasteiger partial charge in [0.1, 0.15) is 27.9 Å². The fourth-order valence-electron chi connectivity index (χ4n) is 3.27. The van der Waals surface area contributed by atoms with E-state index < -0.39 is 27.4 Å². The molecule has 1 aromatic heterocycles. The average Bonchev–Trinajstić information content (AvgIpc) is 3.11. The molecule has 0 aliphatic carbocycles. The van der Waals surface area contributed by atoms with E-state index in [1.165, 1.54) is 17.3 Å². The van der Waals surface area contributed by atoms with Gasteiger partial charge in [-0.3, -0.25) is 10.4 Å². The quantitative estimate of drug-likeness (QED) is 0.577. The number of aromatic nitrogens is 1. The van der Waals surface area contributed by atoms with Gasteiger partial charge in [0, 0.05) is 12.6 Å². The fourth-order valence-corrected chi connectivity index (χ4v) is 5.18. The number of nitrogens with one attached hydrogen (secondary N) is 1. The molecule has 30 heavy (non-hydrogen) atoms. The maximum absolute atomic E-state index is 13.5. The first-order chi connectivity index (χ1) is 14.4. The smallest absolute Gasteiger partial charge is 0.419 e. The maximum Gasteiger partial charge on any atom is 0.419 e. The van der Waals surface area contributed by atoms with Crippen molar-refractivity contribution < 1.29 is 27.8 Å². The van der Waals surface area contributed by atoms with E-state index in [2.05, 4.69) is 10.4 Å². The van der Waals surface area contributed by atoms with E-state index in [9.17, 15) is 18.3 Å². The molecule has 1 amide bonds. The molecule has 0 radical (unpaired) electrons. The molecule has 0 bridgehead atoms. The number of ether oxygens (including phenoxy) is 2. The summed E-state index contributed by atoms with van der Waals surface area (Å²) in [7, 11) is -3.95. The summed E-state index contributed by atoms with van der Waals surface area (Å²) >= 11 is 0. The van der Waals surface area contributed by atoms with Crippen molar-refractivity contribution in [2.24, 2.45) is 0 Å². The van der Waals surface area contributed by atoms with Crippen LogP contribution >= 0.6 is 0 Å². The van der Waals surface area contributed by atoms with Crippen molar-refractivity contribution >= 4 is 15.9 Å². The molecule has 2 heterocycles. The number of para-hydroxylation sites is 1. The number of benzene rings is 1. The molecule has 2 N–H and O–H groups in total. The summed E-state index contributed by atoms with van der Waals surface area (Å²) in [5.74, 6) is 0.747. The monoisotopic (exact) mass is 435 g/mol. The van der Waals surface area contributed by atoms with E-state index in [0.29, 0.717) is 12.4 Å². The molecule has 1 aliphatic rings. The van der Waals surface area contributed by atoms with Crippen LogP contribution in [0.4, 0.5) is 4.79 Å². The SMILES string of the molecule is CCCCOc1ccccc1S(=O)(=O)C1C[C@H](Oc2cccnc2)CN1NC(=O)O. The van der Waals surface area contributed by atoms with Crippen LogP contribution in [0, 0.1) is 0 Å². The van der Waals surface area contributed by atoms with Gasteiger partial charge < -0.3 is 14.6 Å². The number of sulfone groups is 1. The molecule has 3 rings (SSSR count). The van der Waals surface area contributed by atoms with Crippen LogP contribution in [-0.4, -0.2) is 54.2 Å². The van der Waals surface area contributed by atoms with Gasteiger partial charge in [0.25, 0.3) is 0 Å². The Kier molecular flexibility index (Phi) is 7.11. The van der Waals surface area contributed by atoms with Crippen molar-refractivity contribution in [3.8, 4) is 11.5 Å². The molecule has 0 saturated carbocycles. The summed E-state index contributed by atoms with van der Waals surface area (Å²) < 4.78 is 38.4. The van der Waals surface area contributed by atoms with Gasteiger partial charge in [-0.25, -0.2) is 13.2 Å². The highest BCUT2D eigenvalue weighted by molar-refractivity contribution is 7.92. The van der Waals surface area contributed by atoms with E-state index >= 15 is 0 Å². The van der Waals surface area contributed by atoms with Crippen LogP contribution in [0.25, 0.3) is 0 Å². The van der Waals surface area contributed by atoms with Gasteiger partial charge in [-0.2, -0.15) is 5.01 Å². The van der Waals surface area contributed by atoms with Crippen molar-refractivity contribution in [1.29, 1.82) is 0 Å². The first-order valence-electron chi connectivity index (χ1n) is 9.70. The van der Waals surface area contributed by atoms with E-state index in [0.717, 1.165) is 12.8 Å². The number of carboxylic acid groups (broad SMARTS) is 1. The largest absolute Gasteiger partial charge is 0.492 e. The zero-order chi connectivity index (χ0) is 21.6. The molecule has 0 spiro atoms. The lowest BCUT2D eigenvalue weighted by atomic mass is 10.3. The lowest BCUT2D eigenvalue weighted by molar-refractivity contribution is 0.136. The minimum absolute atomic E-state index is 0.0327. The van der Waals surface area contributed by atoms with Gasteiger partial charge in [0.05, 0.1) is 19.3 Å². The molecule has 2 atom stereocenters. The highest BCUT2D eigenvalue weighted by atomic mass is 32.2. The average molecular weight is 436 g/mol. The molecule has 1 unspecified atom stereocenters. The minimum atomic E-state index is -3.95. The third-order valence-corrected chi connectivity index (χ3v) is 6.77. The summed E-state index contributed by atoms with van der Waals surface area (Å²) in [4.78, 5) is 15.3. The van der Waals surface area contributed by atoms with Gasteiger partial charge in [-0.05, 0) is 30.7 Å². The van der Waals surface area contributed by atoms with Crippen LogP contribution in [0.5, 0.6) is 11.5 Å². The van der Waals surface area contributed by atoms with Crippen LogP contribution in [0.3, 0.4) is 0 Å². The van der Waals surface area contributed by atoms with Gasteiger partial charge in [-0.1, -0.05) is 25.5 Å². The normalized spacial score (nSPS) is 19.4. The Morgan fingerprint density at radius 1 is 1.30 bits per heavy atom. The predicted molar refractivity (Wildman–Crippen MR) is 109 cm³/mol. The highest BCUT2D eigenvalue weighted by Gasteiger charge is 2.44. The molecule has 1 aromatic carbocycles. The van der Waals surface area contributed by atoms with Crippen LogP contribution in [0.15, 0.2) is 53.7 Å². The summed E-state index contributed by atoms with van der Waals surface area (Å²) in [6, 6.07) is 9.82.